The fourth-order valence-corrected chi connectivity index (χ4v) is 3.09. The Morgan fingerprint density at radius 1 is 1.42 bits per heavy atom. The Balaban J connectivity index is 1.93. The van der Waals surface area contributed by atoms with Crippen LogP contribution in [0, 0.1) is 5.92 Å². The Labute approximate surface area is 114 Å². The van der Waals surface area contributed by atoms with E-state index in [1.807, 2.05) is 0 Å². The van der Waals surface area contributed by atoms with Gasteiger partial charge in [0.25, 0.3) is 0 Å². The molecule has 0 aromatic carbocycles. The summed E-state index contributed by atoms with van der Waals surface area (Å²) in [5.41, 5.74) is 6.30. The maximum Gasteiger partial charge on any atom is 0.181 e. The summed E-state index contributed by atoms with van der Waals surface area (Å²) >= 11 is 1.23. The number of ether oxygens (including phenoxy) is 1. The molecule has 100 valence electrons. The van der Waals surface area contributed by atoms with Crippen LogP contribution in [0.5, 0.6) is 0 Å². The summed E-state index contributed by atoms with van der Waals surface area (Å²) in [5.74, 6) is 0.689. The lowest BCUT2D eigenvalue weighted by Crippen LogP contribution is -2.23. The van der Waals surface area contributed by atoms with Gasteiger partial charge in [0, 0.05) is 19.1 Å². The first-order valence-electron chi connectivity index (χ1n) is 6.18. The summed E-state index contributed by atoms with van der Waals surface area (Å²) in [6, 6.07) is 3.56. The van der Waals surface area contributed by atoms with Crippen molar-refractivity contribution in [1.29, 1.82) is 0 Å². The highest BCUT2D eigenvalue weighted by atomic mass is 32.1. The molecule has 6 heteroatoms. The van der Waals surface area contributed by atoms with Gasteiger partial charge >= 0.3 is 0 Å². The minimum atomic E-state index is 0.00214. The normalized spacial score (nSPS) is 16.6. The summed E-state index contributed by atoms with van der Waals surface area (Å²) in [7, 11) is 0. The van der Waals surface area contributed by atoms with Crippen molar-refractivity contribution in [2.24, 2.45) is 5.92 Å². The Kier molecular flexibility index (Phi) is 3.35. The third-order valence-corrected chi connectivity index (χ3v) is 4.11. The van der Waals surface area contributed by atoms with Crippen molar-refractivity contribution < 1.29 is 13.9 Å². The third-order valence-electron chi connectivity index (χ3n) is 3.21. The number of nitrogens with two attached hydrogens (primary N) is 1. The van der Waals surface area contributed by atoms with Gasteiger partial charge in [-0.15, -0.1) is 0 Å². The lowest BCUT2D eigenvalue weighted by Gasteiger charge is -2.20. The van der Waals surface area contributed by atoms with Crippen molar-refractivity contribution in [3.63, 3.8) is 0 Å². The predicted octanol–water partition coefficient (Wildman–Crippen LogP) is 2.59. The Morgan fingerprint density at radius 3 is 2.89 bits per heavy atom. The number of carbonyl (C=O) groups is 1. The zero-order valence-electron chi connectivity index (χ0n) is 10.3. The maximum atomic E-state index is 12.5. The van der Waals surface area contributed by atoms with Crippen LogP contribution in [0.3, 0.4) is 0 Å². The molecule has 0 bridgehead atoms. The molecule has 1 fully saturated rings. The molecular formula is C13H14N2O3S. The predicted molar refractivity (Wildman–Crippen MR) is 72.1 cm³/mol. The van der Waals surface area contributed by atoms with Gasteiger partial charge in [-0.05, 0) is 25.0 Å². The van der Waals surface area contributed by atoms with E-state index in [2.05, 4.69) is 4.98 Å². The SMILES string of the molecule is Nc1nc(-c2ccco2)c(C(=O)C2CCOCC2)s1. The summed E-state index contributed by atoms with van der Waals surface area (Å²) in [4.78, 5) is 17.4. The number of Topliss-reactive ketones (excluding diaryl/α,β-unsaturated/α-hetero) is 1. The average molecular weight is 278 g/mol. The molecule has 2 N–H and O–H groups in total. The van der Waals surface area contributed by atoms with Gasteiger partial charge in [0.1, 0.15) is 10.6 Å². The topological polar surface area (TPSA) is 78.4 Å². The van der Waals surface area contributed by atoms with Crippen LogP contribution >= 0.6 is 11.3 Å². The molecule has 5 nitrogen and oxygen atoms in total. The largest absolute Gasteiger partial charge is 0.463 e. The molecule has 1 aliphatic heterocycles. The van der Waals surface area contributed by atoms with Gasteiger partial charge in [-0.2, -0.15) is 0 Å². The number of carbonyl (C=O) groups excluding carboxylic acids is 1. The average Bonchev–Trinajstić information content (AvgIpc) is 3.07. The quantitative estimate of drug-likeness (QED) is 0.873. The van der Waals surface area contributed by atoms with Gasteiger partial charge in [0.05, 0.1) is 6.26 Å². The van der Waals surface area contributed by atoms with E-state index in [0.29, 0.717) is 34.7 Å². The van der Waals surface area contributed by atoms with E-state index in [4.69, 9.17) is 14.9 Å². The minimum absolute atomic E-state index is 0.00214. The lowest BCUT2D eigenvalue weighted by atomic mass is 9.94. The van der Waals surface area contributed by atoms with Crippen LogP contribution in [0.1, 0.15) is 22.5 Å². The summed E-state index contributed by atoms with van der Waals surface area (Å²) in [6.07, 6.45) is 3.08. The number of ketones is 1. The van der Waals surface area contributed by atoms with Crippen LogP contribution in [0.2, 0.25) is 0 Å². The molecular weight excluding hydrogens is 264 g/mol. The molecule has 2 aromatic rings. The highest BCUT2D eigenvalue weighted by Crippen LogP contribution is 2.33. The standard InChI is InChI=1S/C13H14N2O3S/c14-13-15-10(9-2-1-5-18-9)12(19-13)11(16)8-3-6-17-7-4-8/h1-2,5,8H,3-4,6-7H2,(H2,14,15). The monoisotopic (exact) mass is 278 g/mol. The molecule has 0 aliphatic carbocycles. The van der Waals surface area contributed by atoms with Crippen molar-refractivity contribution >= 4 is 22.3 Å². The van der Waals surface area contributed by atoms with Crippen LogP contribution in [-0.4, -0.2) is 24.0 Å². The molecule has 19 heavy (non-hydrogen) atoms. The molecule has 0 saturated carbocycles. The van der Waals surface area contributed by atoms with Crippen molar-refractivity contribution in [2.45, 2.75) is 12.8 Å². The third kappa shape index (κ3) is 2.41. The van der Waals surface area contributed by atoms with E-state index >= 15 is 0 Å². The van der Waals surface area contributed by atoms with Crippen LogP contribution < -0.4 is 5.73 Å². The van der Waals surface area contributed by atoms with Gasteiger partial charge in [0.2, 0.25) is 0 Å². The number of nitrogen functional groups attached to an aromatic ring is 1. The molecule has 0 radical (unpaired) electrons. The second kappa shape index (κ2) is 5.14. The molecule has 0 spiro atoms. The van der Waals surface area contributed by atoms with Crippen molar-refractivity contribution in [2.75, 3.05) is 18.9 Å². The summed E-state index contributed by atoms with van der Waals surface area (Å²) in [5, 5.41) is 0.391. The molecule has 0 amide bonds. The van der Waals surface area contributed by atoms with Gasteiger partial charge in [0.15, 0.2) is 16.7 Å². The number of furan rings is 1. The van der Waals surface area contributed by atoms with Crippen molar-refractivity contribution in [1.82, 2.24) is 4.98 Å². The highest BCUT2D eigenvalue weighted by Gasteiger charge is 2.28. The minimum Gasteiger partial charge on any atom is -0.463 e. The van der Waals surface area contributed by atoms with E-state index in [-0.39, 0.29) is 11.7 Å². The first-order valence-corrected chi connectivity index (χ1v) is 6.99. The second-order valence-corrected chi connectivity index (χ2v) is 5.49. The first-order chi connectivity index (χ1) is 9.25. The fourth-order valence-electron chi connectivity index (χ4n) is 2.23. The molecule has 1 saturated heterocycles. The number of aromatic nitrogens is 1. The van der Waals surface area contributed by atoms with E-state index in [1.165, 1.54) is 11.3 Å². The van der Waals surface area contributed by atoms with Crippen molar-refractivity contribution in [3.8, 4) is 11.5 Å². The summed E-state index contributed by atoms with van der Waals surface area (Å²) < 4.78 is 10.6. The number of thiazole rings is 1. The van der Waals surface area contributed by atoms with Crippen molar-refractivity contribution in [3.05, 3.63) is 23.3 Å². The van der Waals surface area contributed by atoms with Crippen LogP contribution in [-0.2, 0) is 4.74 Å². The van der Waals surface area contributed by atoms with E-state index in [0.717, 1.165) is 12.8 Å². The van der Waals surface area contributed by atoms with E-state index < -0.39 is 0 Å². The molecule has 3 rings (SSSR count). The van der Waals surface area contributed by atoms with Gasteiger partial charge in [-0.3, -0.25) is 4.79 Å². The Morgan fingerprint density at radius 2 is 2.21 bits per heavy atom. The number of nitrogens with zero attached hydrogens (tertiary/aromatic N) is 1. The molecule has 0 atom stereocenters. The maximum absolute atomic E-state index is 12.5. The zero-order valence-corrected chi connectivity index (χ0v) is 11.1. The number of anilines is 1. The molecule has 0 unspecified atom stereocenters. The highest BCUT2D eigenvalue weighted by molar-refractivity contribution is 7.17. The lowest BCUT2D eigenvalue weighted by molar-refractivity contribution is 0.0547. The molecule has 1 aliphatic rings. The molecule has 3 heterocycles. The first kappa shape index (κ1) is 12.4. The van der Waals surface area contributed by atoms with Gasteiger partial charge in [-0.1, -0.05) is 11.3 Å². The smallest absolute Gasteiger partial charge is 0.181 e. The fraction of sp³-hybridized carbons (Fsp3) is 0.385. The van der Waals surface area contributed by atoms with Crippen LogP contribution in [0.25, 0.3) is 11.5 Å². The number of hydrogen-bond acceptors (Lipinski definition) is 6. The Bertz CT molecular complexity index is 571. The van der Waals surface area contributed by atoms with E-state index in [1.54, 1.807) is 18.4 Å². The van der Waals surface area contributed by atoms with Gasteiger partial charge in [-0.25, -0.2) is 4.98 Å². The van der Waals surface area contributed by atoms with E-state index in [9.17, 15) is 4.79 Å². The van der Waals surface area contributed by atoms with Crippen LogP contribution in [0.4, 0.5) is 5.13 Å². The molecule has 2 aromatic heterocycles. The van der Waals surface area contributed by atoms with Gasteiger partial charge < -0.3 is 14.9 Å². The number of rotatable bonds is 3. The van der Waals surface area contributed by atoms with Crippen LogP contribution in [0.15, 0.2) is 22.8 Å². The Hall–Kier alpha value is -1.66. The summed E-state index contributed by atoms with van der Waals surface area (Å²) in [6.45, 7) is 1.28. The number of hydrogen-bond donors (Lipinski definition) is 1. The zero-order chi connectivity index (χ0) is 13.2. The second-order valence-electron chi connectivity index (χ2n) is 4.46.